The molecule has 0 aromatic rings. The van der Waals surface area contributed by atoms with Crippen LogP contribution in [-0.4, -0.2) is 47.8 Å². The molecule has 88 valence electrons. The summed E-state index contributed by atoms with van der Waals surface area (Å²) < 4.78 is 0. The van der Waals surface area contributed by atoms with Crippen LogP contribution in [0.3, 0.4) is 0 Å². The molecule has 16 heavy (non-hydrogen) atoms. The lowest BCUT2D eigenvalue weighted by atomic mass is 10.1. The van der Waals surface area contributed by atoms with Crippen molar-refractivity contribution in [2.24, 2.45) is 5.92 Å². The third-order valence-corrected chi connectivity index (χ3v) is 2.78. The lowest BCUT2D eigenvalue weighted by Gasteiger charge is -2.34. The van der Waals surface area contributed by atoms with E-state index in [0.29, 0.717) is 26.2 Å². The summed E-state index contributed by atoms with van der Waals surface area (Å²) in [5.74, 6) is -0.173. The number of hydrogen-bond acceptors (Lipinski definition) is 3. The highest BCUT2D eigenvalue weighted by Crippen LogP contribution is 2.08. The Morgan fingerprint density at radius 2 is 1.75 bits per heavy atom. The first kappa shape index (κ1) is 12.5. The van der Waals surface area contributed by atoms with Gasteiger partial charge in [-0.1, -0.05) is 0 Å². The Morgan fingerprint density at radius 1 is 1.25 bits per heavy atom. The van der Waals surface area contributed by atoms with E-state index in [1.165, 1.54) is 6.92 Å². The SMILES string of the molecule is CC(=O)N1CCN(C(=O)CC(C)C#N)CC1. The standard InChI is InChI=1S/C11H17N3O2/c1-9(8-12)7-11(16)14-5-3-13(4-6-14)10(2)15/h9H,3-7H2,1-2H3. The summed E-state index contributed by atoms with van der Waals surface area (Å²) in [4.78, 5) is 26.3. The second kappa shape index (κ2) is 5.50. The fourth-order valence-electron chi connectivity index (χ4n) is 1.71. The zero-order chi connectivity index (χ0) is 12.1. The maximum Gasteiger partial charge on any atom is 0.224 e. The number of nitrogens with zero attached hydrogens (tertiary/aromatic N) is 3. The Bertz CT molecular complexity index is 314. The first-order valence-electron chi connectivity index (χ1n) is 5.47. The Labute approximate surface area is 95.6 Å². The van der Waals surface area contributed by atoms with Crippen molar-refractivity contribution in [2.75, 3.05) is 26.2 Å². The average Bonchev–Trinajstić information content (AvgIpc) is 2.28. The average molecular weight is 223 g/mol. The van der Waals surface area contributed by atoms with E-state index in [0.717, 1.165) is 0 Å². The van der Waals surface area contributed by atoms with E-state index >= 15 is 0 Å². The van der Waals surface area contributed by atoms with Crippen LogP contribution in [0.1, 0.15) is 20.3 Å². The highest BCUT2D eigenvalue weighted by molar-refractivity contribution is 5.77. The van der Waals surface area contributed by atoms with Crippen LogP contribution >= 0.6 is 0 Å². The summed E-state index contributed by atoms with van der Waals surface area (Å²) in [7, 11) is 0. The van der Waals surface area contributed by atoms with Crippen LogP contribution in [0.15, 0.2) is 0 Å². The lowest BCUT2D eigenvalue weighted by molar-refractivity contribution is -0.138. The summed E-state index contributed by atoms with van der Waals surface area (Å²) in [5, 5.41) is 8.62. The predicted molar refractivity (Wildman–Crippen MR) is 58.2 cm³/mol. The maximum atomic E-state index is 11.7. The monoisotopic (exact) mass is 223 g/mol. The molecule has 1 aliphatic rings. The largest absolute Gasteiger partial charge is 0.339 e. The Balaban J connectivity index is 2.39. The van der Waals surface area contributed by atoms with Crippen molar-refractivity contribution in [3.63, 3.8) is 0 Å². The fraction of sp³-hybridized carbons (Fsp3) is 0.727. The van der Waals surface area contributed by atoms with E-state index in [9.17, 15) is 9.59 Å². The molecule has 0 aromatic carbocycles. The molecule has 1 heterocycles. The molecule has 5 nitrogen and oxygen atoms in total. The summed E-state index contributed by atoms with van der Waals surface area (Å²) in [6.07, 6.45) is 0.274. The van der Waals surface area contributed by atoms with Crippen LogP contribution < -0.4 is 0 Å². The van der Waals surface area contributed by atoms with Crippen molar-refractivity contribution in [3.8, 4) is 6.07 Å². The molecule has 0 spiro atoms. The maximum absolute atomic E-state index is 11.7. The molecule has 0 bridgehead atoms. The van der Waals surface area contributed by atoms with Gasteiger partial charge in [0.1, 0.15) is 0 Å². The molecule has 1 rings (SSSR count). The summed E-state index contributed by atoms with van der Waals surface area (Å²) in [6.45, 7) is 5.64. The predicted octanol–water partition coefficient (Wildman–Crippen LogP) is 0.227. The third-order valence-electron chi connectivity index (χ3n) is 2.78. The van der Waals surface area contributed by atoms with E-state index in [4.69, 9.17) is 5.26 Å². The quantitative estimate of drug-likeness (QED) is 0.673. The Hall–Kier alpha value is -1.57. The summed E-state index contributed by atoms with van der Waals surface area (Å²) >= 11 is 0. The van der Waals surface area contributed by atoms with Crippen LogP contribution in [0.4, 0.5) is 0 Å². The molecular weight excluding hydrogens is 206 g/mol. The fourth-order valence-corrected chi connectivity index (χ4v) is 1.71. The lowest BCUT2D eigenvalue weighted by Crippen LogP contribution is -2.50. The molecular formula is C11H17N3O2. The first-order valence-corrected chi connectivity index (χ1v) is 5.47. The molecule has 0 N–H and O–H groups in total. The molecule has 0 saturated carbocycles. The smallest absolute Gasteiger partial charge is 0.224 e. The van der Waals surface area contributed by atoms with E-state index in [1.807, 2.05) is 6.07 Å². The number of carbonyl (C=O) groups is 2. The van der Waals surface area contributed by atoms with Crippen molar-refractivity contribution in [2.45, 2.75) is 20.3 Å². The second-order valence-electron chi connectivity index (χ2n) is 4.12. The van der Waals surface area contributed by atoms with Crippen molar-refractivity contribution in [1.82, 2.24) is 9.80 Å². The van der Waals surface area contributed by atoms with Crippen LogP contribution in [0.5, 0.6) is 0 Å². The molecule has 1 saturated heterocycles. The number of rotatable bonds is 2. The highest BCUT2D eigenvalue weighted by atomic mass is 16.2. The molecule has 0 aromatic heterocycles. The van der Waals surface area contributed by atoms with Crippen molar-refractivity contribution in [1.29, 1.82) is 5.26 Å². The summed E-state index contributed by atoms with van der Waals surface area (Å²) in [5.41, 5.74) is 0. The molecule has 1 aliphatic heterocycles. The number of nitriles is 1. The van der Waals surface area contributed by atoms with E-state index in [-0.39, 0.29) is 24.2 Å². The molecule has 5 heteroatoms. The topological polar surface area (TPSA) is 64.4 Å². The van der Waals surface area contributed by atoms with Gasteiger partial charge in [0.05, 0.1) is 12.0 Å². The molecule has 0 radical (unpaired) electrons. The number of amides is 2. The van der Waals surface area contributed by atoms with Gasteiger partial charge in [-0.05, 0) is 6.92 Å². The Kier molecular flexibility index (Phi) is 4.29. The van der Waals surface area contributed by atoms with Gasteiger partial charge in [-0.15, -0.1) is 0 Å². The van der Waals surface area contributed by atoms with Crippen LogP contribution in [-0.2, 0) is 9.59 Å². The van der Waals surface area contributed by atoms with Crippen molar-refractivity contribution >= 4 is 11.8 Å². The van der Waals surface area contributed by atoms with Gasteiger partial charge >= 0.3 is 0 Å². The van der Waals surface area contributed by atoms with E-state index in [2.05, 4.69) is 0 Å². The van der Waals surface area contributed by atoms with E-state index < -0.39 is 0 Å². The number of piperazine rings is 1. The molecule has 1 fully saturated rings. The Morgan fingerprint density at radius 3 is 2.19 bits per heavy atom. The van der Waals surface area contributed by atoms with Gasteiger partial charge in [0.25, 0.3) is 0 Å². The van der Waals surface area contributed by atoms with Gasteiger partial charge in [-0.25, -0.2) is 0 Å². The van der Waals surface area contributed by atoms with Gasteiger partial charge in [0.15, 0.2) is 0 Å². The van der Waals surface area contributed by atoms with Crippen LogP contribution in [0.2, 0.25) is 0 Å². The van der Waals surface area contributed by atoms with Gasteiger partial charge in [0.2, 0.25) is 11.8 Å². The minimum atomic E-state index is -0.238. The third kappa shape index (κ3) is 3.23. The van der Waals surface area contributed by atoms with Gasteiger partial charge in [-0.2, -0.15) is 5.26 Å². The summed E-state index contributed by atoms with van der Waals surface area (Å²) in [6, 6.07) is 2.05. The van der Waals surface area contributed by atoms with Gasteiger partial charge < -0.3 is 9.80 Å². The second-order valence-corrected chi connectivity index (χ2v) is 4.12. The van der Waals surface area contributed by atoms with Crippen LogP contribution in [0, 0.1) is 17.2 Å². The minimum absolute atomic E-state index is 0.0113. The molecule has 1 atom stereocenters. The minimum Gasteiger partial charge on any atom is -0.339 e. The normalized spacial score (nSPS) is 17.8. The molecule has 2 amide bonds. The highest BCUT2D eigenvalue weighted by Gasteiger charge is 2.23. The zero-order valence-corrected chi connectivity index (χ0v) is 9.77. The molecule has 0 aliphatic carbocycles. The number of hydrogen-bond donors (Lipinski definition) is 0. The molecule has 1 unspecified atom stereocenters. The zero-order valence-electron chi connectivity index (χ0n) is 9.77. The van der Waals surface area contributed by atoms with Gasteiger partial charge in [0, 0.05) is 39.5 Å². The van der Waals surface area contributed by atoms with Gasteiger partial charge in [-0.3, -0.25) is 9.59 Å². The van der Waals surface area contributed by atoms with Crippen LogP contribution in [0.25, 0.3) is 0 Å². The first-order chi connectivity index (χ1) is 7.54. The number of carbonyl (C=O) groups excluding carboxylic acids is 2. The van der Waals surface area contributed by atoms with E-state index in [1.54, 1.807) is 16.7 Å². The van der Waals surface area contributed by atoms with Crippen molar-refractivity contribution in [3.05, 3.63) is 0 Å². The van der Waals surface area contributed by atoms with Crippen molar-refractivity contribution < 1.29 is 9.59 Å².